The Bertz CT molecular complexity index is 624. The van der Waals surface area contributed by atoms with E-state index < -0.39 is 0 Å². The highest BCUT2D eigenvalue weighted by Crippen LogP contribution is 2.33. The van der Waals surface area contributed by atoms with Gasteiger partial charge < -0.3 is 9.47 Å². The molecule has 0 aliphatic heterocycles. The van der Waals surface area contributed by atoms with Crippen molar-refractivity contribution in [1.29, 1.82) is 0 Å². The maximum Gasteiger partial charge on any atom is 0.349 e. The molecule has 0 atom stereocenters. The summed E-state index contributed by atoms with van der Waals surface area (Å²) in [6.07, 6.45) is 0. The molecule has 2 aromatic rings. The molecule has 100 valence electrons. The molecule has 0 bridgehead atoms. The van der Waals surface area contributed by atoms with Gasteiger partial charge in [0.1, 0.15) is 15.6 Å². The van der Waals surface area contributed by atoms with E-state index in [4.69, 9.17) is 9.47 Å². The SMILES string of the molecule is COC(=O)c1sc(-c2ccc(OC)c(Br)c2)nc1C. The molecule has 0 aliphatic carbocycles. The van der Waals surface area contributed by atoms with Gasteiger partial charge in [0.2, 0.25) is 0 Å². The smallest absolute Gasteiger partial charge is 0.349 e. The van der Waals surface area contributed by atoms with Gasteiger partial charge in [0.15, 0.2) is 0 Å². The lowest BCUT2D eigenvalue weighted by Gasteiger charge is -2.04. The van der Waals surface area contributed by atoms with Crippen LogP contribution < -0.4 is 4.74 Å². The van der Waals surface area contributed by atoms with Crippen LogP contribution in [-0.4, -0.2) is 25.2 Å². The second kappa shape index (κ2) is 5.71. The quantitative estimate of drug-likeness (QED) is 0.799. The number of carbonyl (C=O) groups excluding carboxylic acids is 1. The highest BCUT2D eigenvalue weighted by molar-refractivity contribution is 9.10. The van der Waals surface area contributed by atoms with Crippen LogP contribution >= 0.6 is 27.3 Å². The fourth-order valence-corrected chi connectivity index (χ4v) is 3.12. The average molecular weight is 342 g/mol. The van der Waals surface area contributed by atoms with Gasteiger partial charge in [-0.15, -0.1) is 11.3 Å². The Morgan fingerprint density at radius 1 is 1.37 bits per heavy atom. The van der Waals surface area contributed by atoms with E-state index in [0.717, 1.165) is 20.8 Å². The highest BCUT2D eigenvalue weighted by atomic mass is 79.9. The molecule has 6 heteroatoms. The lowest BCUT2D eigenvalue weighted by Crippen LogP contribution is -1.99. The summed E-state index contributed by atoms with van der Waals surface area (Å²) in [6.45, 7) is 1.80. The van der Waals surface area contributed by atoms with Gasteiger partial charge in [-0.2, -0.15) is 0 Å². The van der Waals surface area contributed by atoms with Gasteiger partial charge >= 0.3 is 5.97 Å². The van der Waals surface area contributed by atoms with Crippen molar-refractivity contribution in [3.8, 4) is 16.3 Å². The molecule has 0 amide bonds. The van der Waals surface area contributed by atoms with E-state index in [9.17, 15) is 4.79 Å². The van der Waals surface area contributed by atoms with Crippen LogP contribution in [0.2, 0.25) is 0 Å². The molecule has 19 heavy (non-hydrogen) atoms. The standard InChI is InChI=1S/C13H12BrNO3S/c1-7-11(13(16)18-3)19-12(15-7)8-4-5-10(17-2)9(14)6-8/h4-6H,1-3H3. The summed E-state index contributed by atoms with van der Waals surface area (Å²) in [5.41, 5.74) is 1.61. The molecule has 0 spiro atoms. The molecule has 0 saturated heterocycles. The van der Waals surface area contributed by atoms with Gasteiger partial charge in [-0.3, -0.25) is 0 Å². The number of aryl methyl sites for hydroxylation is 1. The van der Waals surface area contributed by atoms with Crippen LogP contribution in [-0.2, 0) is 4.74 Å². The normalized spacial score (nSPS) is 10.3. The number of nitrogens with zero attached hydrogens (tertiary/aromatic N) is 1. The Morgan fingerprint density at radius 3 is 2.68 bits per heavy atom. The molecule has 0 radical (unpaired) electrons. The van der Waals surface area contributed by atoms with Gasteiger partial charge in [0, 0.05) is 5.56 Å². The summed E-state index contributed by atoms with van der Waals surface area (Å²) >= 11 is 4.75. The predicted octanol–water partition coefficient (Wildman–Crippen LogP) is 3.68. The average Bonchev–Trinajstić information content (AvgIpc) is 2.80. The zero-order valence-corrected chi connectivity index (χ0v) is 13.1. The van der Waals surface area contributed by atoms with Crippen molar-refractivity contribution in [2.24, 2.45) is 0 Å². The minimum atomic E-state index is -0.353. The summed E-state index contributed by atoms with van der Waals surface area (Å²) in [6, 6.07) is 5.68. The Hall–Kier alpha value is -1.40. The summed E-state index contributed by atoms with van der Waals surface area (Å²) in [5.74, 6) is 0.402. The topological polar surface area (TPSA) is 48.4 Å². The molecule has 1 aromatic heterocycles. The van der Waals surface area contributed by atoms with Crippen LogP contribution in [0.3, 0.4) is 0 Å². The van der Waals surface area contributed by atoms with Gasteiger partial charge in [0.05, 0.1) is 24.4 Å². The third kappa shape index (κ3) is 2.79. The first-order chi connectivity index (χ1) is 9.06. The van der Waals surface area contributed by atoms with Crippen LogP contribution in [0.15, 0.2) is 22.7 Å². The fraction of sp³-hybridized carbons (Fsp3) is 0.231. The number of hydrogen-bond donors (Lipinski definition) is 0. The van der Waals surface area contributed by atoms with E-state index in [1.165, 1.54) is 18.4 Å². The van der Waals surface area contributed by atoms with Crippen LogP contribution in [0, 0.1) is 6.92 Å². The molecule has 1 heterocycles. The Kier molecular flexibility index (Phi) is 4.21. The van der Waals surface area contributed by atoms with Crippen LogP contribution in [0.4, 0.5) is 0 Å². The van der Waals surface area contributed by atoms with Gasteiger partial charge in [-0.1, -0.05) is 0 Å². The summed E-state index contributed by atoms with van der Waals surface area (Å²) in [5, 5.41) is 0.779. The second-order valence-electron chi connectivity index (χ2n) is 3.77. The summed E-state index contributed by atoms with van der Waals surface area (Å²) < 4.78 is 10.8. The molecular weight excluding hydrogens is 330 g/mol. The number of esters is 1. The molecule has 4 nitrogen and oxygen atoms in total. The van der Waals surface area contributed by atoms with Crippen molar-refractivity contribution < 1.29 is 14.3 Å². The van der Waals surface area contributed by atoms with E-state index >= 15 is 0 Å². The monoisotopic (exact) mass is 341 g/mol. The molecule has 2 rings (SSSR count). The Morgan fingerprint density at radius 2 is 2.11 bits per heavy atom. The lowest BCUT2D eigenvalue weighted by atomic mass is 10.2. The van der Waals surface area contributed by atoms with Crippen LogP contribution in [0.5, 0.6) is 5.75 Å². The maximum atomic E-state index is 11.6. The minimum absolute atomic E-state index is 0.353. The lowest BCUT2D eigenvalue weighted by molar-refractivity contribution is 0.0605. The van der Waals surface area contributed by atoms with Crippen molar-refractivity contribution in [3.63, 3.8) is 0 Å². The highest BCUT2D eigenvalue weighted by Gasteiger charge is 2.17. The van der Waals surface area contributed by atoms with Crippen molar-refractivity contribution >= 4 is 33.2 Å². The van der Waals surface area contributed by atoms with Crippen molar-refractivity contribution in [3.05, 3.63) is 33.2 Å². The molecule has 0 aliphatic rings. The fourth-order valence-electron chi connectivity index (χ4n) is 1.60. The molecule has 0 N–H and O–H groups in total. The molecular formula is C13H12BrNO3S. The number of thiazole rings is 1. The zero-order valence-electron chi connectivity index (χ0n) is 10.7. The first-order valence-corrected chi connectivity index (χ1v) is 7.07. The van der Waals surface area contributed by atoms with E-state index in [2.05, 4.69) is 20.9 Å². The predicted molar refractivity (Wildman–Crippen MR) is 77.9 cm³/mol. The first-order valence-electron chi connectivity index (χ1n) is 5.46. The number of carbonyl (C=O) groups is 1. The second-order valence-corrected chi connectivity index (χ2v) is 5.63. The van der Waals surface area contributed by atoms with E-state index in [1.807, 2.05) is 18.2 Å². The number of aromatic nitrogens is 1. The zero-order chi connectivity index (χ0) is 14.0. The van der Waals surface area contributed by atoms with Crippen LogP contribution in [0.1, 0.15) is 15.4 Å². The maximum absolute atomic E-state index is 11.6. The van der Waals surface area contributed by atoms with Crippen LogP contribution in [0.25, 0.3) is 10.6 Å². The largest absolute Gasteiger partial charge is 0.496 e. The Labute approximate surface area is 123 Å². The van der Waals surface area contributed by atoms with Crippen molar-refractivity contribution in [2.45, 2.75) is 6.92 Å². The van der Waals surface area contributed by atoms with E-state index in [1.54, 1.807) is 14.0 Å². The van der Waals surface area contributed by atoms with E-state index in [0.29, 0.717) is 10.6 Å². The summed E-state index contributed by atoms with van der Waals surface area (Å²) in [7, 11) is 2.98. The van der Waals surface area contributed by atoms with Gasteiger partial charge in [0.25, 0.3) is 0 Å². The molecule has 0 fully saturated rings. The third-order valence-corrected chi connectivity index (χ3v) is 4.37. The first kappa shape index (κ1) is 14.0. The molecule has 0 unspecified atom stereocenters. The number of rotatable bonds is 3. The van der Waals surface area contributed by atoms with Gasteiger partial charge in [-0.25, -0.2) is 9.78 Å². The number of methoxy groups -OCH3 is 2. The van der Waals surface area contributed by atoms with Crippen molar-refractivity contribution in [1.82, 2.24) is 4.98 Å². The number of ether oxygens (including phenoxy) is 2. The Balaban J connectivity index is 2.42. The number of halogens is 1. The number of benzene rings is 1. The molecule has 1 aromatic carbocycles. The third-order valence-electron chi connectivity index (χ3n) is 2.57. The number of hydrogen-bond acceptors (Lipinski definition) is 5. The summed E-state index contributed by atoms with van der Waals surface area (Å²) in [4.78, 5) is 16.5. The van der Waals surface area contributed by atoms with E-state index in [-0.39, 0.29) is 5.97 Å². The van der Waals surface area contributed by atoms with Gasteiger partial charge in [-0.05, 0) is 41.1 Å². The molecule has 0 saturated carbocycles. The van der Waals surface area contributed by atoms with Crippen molar-refractivity contribution in [2.75, 3.05) is 14.2 Å². The minimum Gasteiger partial charge on any atom is -0.496 e.